The van der Waals surface area contributed by atoms with Crippen molar-refractivity contribution in [1.82, 2.24) is 5.32 Å². The molecule has 0 fully saturated rings. The Hall–Kier alpha value is -1.22. The van der Waals surface area contributed by atoms with Crippen LogP contribution in [0.15, 0.2) is 18.2 Å². The fourth-order valence-electron chi connectivity index (χ4n) is 2.89. The van der Waals surface area contributed by atoms with E-state index in [4.69, 9.17) is 9.47 Å². The van der Waals surface area contributed by atoms with Crippen LogP contribution >= 0.6 is 0 Å². The minimum Gasteiger partial charge on any atom is -0.497 e. The van der Waals surface area contributed by atoms with Crippen molar-refractivity contribution in [1.29, 1.82) is 0 Å². The summed E-state index contributed by atoms with van der Waals surface area (Å²) >= 11 is 0. The number of nitrogens with one attached hydrogen (secondary N) is 1. The Labute approximate surface area is 122 Å². The molecule has 0 bridgehead atoms. The van der Waals surface area contributed by atoms with Gasteiger partial charge in [0.15, 0.2) is 0 Å². The van der Waals surface area contributed by atoms with E-state index >= 15 is 0 Å². The van der Waals surface area contributed by atoms with Gasteiger partial charge in [-0.25, -0.2) is 0 Å². The van der Waals surface area contributed by atoms with Gasteiger partial charge in [-0.15, -0.1) is 0 Å². The van der Waals surface area contributed by atoms with E-state index in [0.29, 0.717) is 12.1 Å². The van der Waals surface area contributed by atoms with E-state index in [9.17, 15) is 0 Å². The molecule has 1 aliphatic heterocycles. The predicted molar refractivity (Wildman–Crippen MR) is 82.6 cm³/mol. The van der Waals surface area contributed by atoms with Gasteiger partial charge in [0.1, 0.15) is 17.6 Å². The van der Waals surface area contributed by atoms with Crippen molar-refractivity contribution in [2.75, 3.05) is 13.7 Å². The van der Waals surface area contributed by atoms with Gasteiger partial charge in [0.05, 0.1) is 7.11 Å². The number of fused-ring (bicyclic) bond motifs is 1. The lowest BCUT2D eigenvalue weighted by Gasteiger charge is -2.33. The molecule has 3 heteroatoms. The molecule has 0 saturated heterocycles. The first-order valence-electron chi connectivity index (χ1n) is 7.86. The van der Waals surface area contributed by atoms with Gasteiger partial charge in [-0.3, -0.25) is 0 Å². The van der Waals surface area contributed by atoms with Crippen molar-refractivity contribution in [3.05, 3.63) is 23.8 Å². The molecule has 2 atom stereocenters. The highest BCUT2D eigenvalue weighted by Crippen LogP contribution is 2.38. The highest BCUT2D eigenvalue weighted by molar-refractivity contribution is 5.44. The lowest BCUT2D eigenvalue weighted by Crippen LogP contribution is -2.33. The number of ether oxygens (including phenoxy) is 2. The molecule has 1 aliphatic rings. The topological polar surface area (TPSA) is 30.5 Å². The minimum atomic E-state index is 0.324. The van der Waals surface area contributed by atoms with Crippen LogP contribution in [0.3, 0.4) is 0 Å². The fraction of sp³-hybridized carbons (Fsp3) is 0.647. The first-order chi connectivity index (χ1) is 9.78. The van der Waals surface area contributed by atoms with Crippen LogP contribution in [0.2, 0.25) is 0 Å². The molecule has 2 unspecified atom stereocenters. The first kappa shape index (κ1) is 15.2. The summed E-state index contributed by atoms with van der Waals surface area (Å²) in [4.78, 5) is 0. The van der Waals surface area contributed by atoms with Gasteiger partial charge >= 0.3 is 0 Å². The van der Waals surface area contributed by atoms with E-state index < -0.39 is 0 Å². The van der Waals surface area contributed by atoms with E-state index in [1.165, 1.54) is 24.8 Å². The number of hydrogen-bond donors (Lipinski definition) is 1. The maximum Gasteiger partial charge on any atom is 0.128 e. The van der Waals surface area contributed by atoms with E-state index in [1.54, 1.807) is 7.11 Å². The van der Waals surface area contributed by atoms with Crippen molar-refractivity contribution in [2.45, 2.75) is 58.1 Å². The normalized spacial score (nSPS) is 21.1. The summed E-state index contributed by atoms with van der Waals surface area (Å²) < 4.78 is 11.5. The molecule has 0 aliphatic carbocycles. The van der Waals surface area contributed by atoms with Crippen LogP contribution in [0.4, 0.5) is 0 Å². The highest BCUT2D eigenvalue weighted by Gasteiger charge is 2.27. The Morgan fingerprint density at radius 2 is 2.15 bits per heavy atom. The Balaban J connectivity index is 2.12. The number of rotatable bonds is 7. The van der Waals surface area contributed by atoms with Crippen molar-refractivity contribution in [3.8, 4) is 11.5 Å². The quantitative estimate of drug-likeness (QED) is 0.762. The second-order valence-electron chi connectivity index (χ2n) is 5.49. The number of benzene rings is 1. The van der Waals surface area contributed by atoms with Crippen molar-refractivity contribution in [2.24, 2.45) is 0 Å². The van der Waals surface area contributed by atoms with Gasteiger partial charge in [-0.05, 0) is 25.5 Å². The smallest absolute Gasteiger partial charge is 0.128 e. The molecular formula is C17H27NO2. The third-order valence-corrected chi connectivity index (χ3v) is 3.97. The first-order valence-corrected chi connectivity index (χ1v) is 7.86. The summed E-state index contributed by atoms with van der Waals surface area (Å²) in [6.45, 7) is 5.38. The van der Waals surface area contributed by atoms with Crippen LogP contribution in [0, 0.1) is 0 Å². The molecular weight excluding hydrogens is 250 g/mol. The largest absolute Gasteiger partial charge is 0.497 e. The SMILES string of the molecule is CCCCCC1CC(NCC)c2ccc(OC)cc2O1. The minimum absolute atomic E-state index is 0.324. The average Bonchev–Trinajstić information content (AvgIpc) is 2.47. The van der Waals surface area contributed by atoms with Crippen LogP contribution in [0.5, 0.6) is 11.5 Å². The van der Waals surface area contributed by atoms with Crippen LogP contribution in [0.1, 0.15) is 57.6 Å². The van der Waals surface area contributed by atoms with Crippen molar-refractivity contribution >= 4 is 0 Å². The van der Waals surface area contributed by atoms with E-state index in [1.807, 2.05) is 12.1 Å². The summed E-state index contributed by atoms with van der Waals surface area (Å²) in [5.74, 6) is 1.86. The number of methoxy groups -OCH3 is 1. The average molecular weight is 277 g/mol. The standard InChI is InChI=1S/C17H27NO2/c1-4-6-7-8-14-11-16(18-5-2)15-10-9-13(19-3)12-17(15)20-14/h9-10,12,14,16,18H,4-8,11H2,1-3H3. The number of unbranched alkanes of at least 4 members (excludes halogenated alkanes) is 2. The Morgan fingerprint density at radius 3 is 2.85 bits per heavy atom. The molecule has 20 heavy (non-hydrogen) atoms. The third kappa shape index (κ3) is 3.66. The van der Waals surface area contributed by atoms with Crippen LogP contribution in [-0.4, -0.2) is 19.8 Å². The van der Waals surface area contributed by atoms with Gasteiger partial charge in [0, 0.05) is 24.1 Å². The zero-order chi connectivity index (χ0) is 14.4. The molecule has 0 saturated carbocycles. The fourth-order valence-corrected chi connectivity index (χ4v) is 2.89. The van der Waals surface area contributed by atoms with E-state index in [-0.39, 0.29) is 0 Å². The monoisotopic (exact) mass is 277 g/mol. The van der Waals surface area contributed by atoms with E-state index in [2.05, 4.69) is 25.2 Å². The molecule has 2 rings (SSSR count). The Morgan fingerprint density at radius 1 is 1.30 bits per heavy atom. The summed E-state index contributed by atoms with van der Waals surface area (Å²) in [6, 6.07) is 6.57. The van der Waals surface area contributed by atoms with Gasteiger partial charge in [0.25, 0.3) is 0 Å². The maximum atomic E-state index is 6.18. The van der Waals surface area contributed by atoms with Crippen LogP contribution < -0.4 is 14.8 Å². The molecule has 0 spiro atoms. The highest BCUT2D eigenvalue weighted by atomic mass is 16.5. The second-order valence-corrected chi connectivity index (χ2v) is 5.49. The summed E-state index contributed by atoms with van der Waals surface area (Å²) in [6.07, 6.45) is 6.33. The third-order valence-electron chi connectivity index (χ3n) is 3.97. The van der Waals surface area contributed by atoms with E-state index in [0.717, 1.165) is 30.9 Å². The lowest BCUT2D eigenvalue weighted by molar-refractivity contribution is 0.138. The van der Waals surface area contributed by atoms with Crippen molar-refractivity contribution in [3.63, 3.8) is 0 Å². The summed E-state index contributed by atoms with van der Waals surface area (Å²) in [5, 5.41) is 3.58. The molecule has 3 nitrogen and oxygen atoms in total. The number of hydrogen-bond acceptors (Lipinski definition) is 3. The predicted octanol–water partition coefficient (Wildman–Crippen LogP) is 4.08. The molecule has 1 aromatic rings. The molecule has 1 heterocycles. The van der Waals surface area contributed by atoms with Crippen LogP contribution in [-0.2, 0) is 0 Å². The molecule has 0 amide bonds. The Bertz CT molecular complexity index is 419. The van der Waals surface area contributed by atoms with Gasteiger partial charge < -0.3 is 14.8 Å². The van der Waals surface area contributed by atoms with Crippen molar-refractivity contribution < 1.29 is 9.47 Å². The van der Waals surface area contributed by atoms with Gasteiger partial charge in [0.2, 0.25) is 0 Å². The van der Waals surface area contributed by atoms with Gasteiger partial charge in [-0.1, -0.05) is 32.8 Å². The summed E-state index contributed by atoms with van der Waals surface area (Å²) in [7, 11) is 1.70. The molecule has 0 aromatic heterocycles. The Kier molecular flexibility index (Phi) is 5.72. The maximum absolute atomic E-state index is 6.18. The molecule has 1 N–H and O–H groups in total. The van der Waals surface area contributed by atoms with Gasteiger partial charge in [-0.2, -0.15) is 0 Å². The zero-order valence-electron chi connectivity index (χ0n) is 12.9. The molecule has 0 radical (unpaired) electrons. The summed E-state index contributed by atoms with van der Waals surface area (Å²) in [5.41, 5.74) is 1.26. The zero-order valence-corrected chi connectivity index (χ0v) is 12.9. The molecule has 112 valence electrons. The van der Waals surface area contributed by atoms with Crippen LogP contribution in [0.25, 0.3) is 0 Å². The molecule has 1 aromatic carbocycles. The lowest BCUT2D eigenvalue weighted by atomic mass is 9.93. The second kappa shape index (κ2) is 7.53.